The van der Waals surface area contributed by atoms with Crippen molar-refractivity contribution >= 4 is 45.0 Å². The first-order valence-electron chi connectivity index (χ1n) is 10.9. The zero-order valence-corrected chi connectivity index (χ0v) is 20.4. The van der Waals surface area contributed by atoms with Gasteiger partial charge in [0.1, 0.15) is 11.9 Å². The first-order chi connectivity index (χ1) is 17.0. The summed E-state index contributed by atoms with van der Waals surface area (Å²) in [5, 5.41) is 5.58. The number of rotatable bonds is 7. The van der Waals surface area contributed by atoms with Crippen molar-refractivity contribution in [2.24, 2.45) is 5.14 Å². The molecule has 36 heavy (non-hydrogen) atoms. The van der Waals surface area contributed by atoms with Crippen molar-refractivity contribution in [1.82, 2.24) is 4.90 Å². The Labute approximate surface area is 212 Å². The van der Waals surface area contributed by atoms with E-state index < -0.39 is 39.6 Å². The standard InChI is InChI=1S/C25H21ClFN3O5S/c26-18-5-9-20(10-6-18)30-23(31)15-22(25(30)33)29(24(32)17-3-7-19(27)8-4-17)14-13-16-1-11-21(12-2-16)36(28,34)35/h1-12,22H,13-15H2,(H2,28,34,35). The molecule has 0 aliphatic carbocycles. The van der Waals surface area contributed by atoms with Crippen LogP contribution in [0.25, 0.3) is 0 Å². The summed E-state index contributed by atoms with van der Waals surface area (Å²) < 4.78 is 36.4. The summed E-state index contributed by atoms with van der Waals surface area (Å²) in [5.74, 6) is -2.10. The number of primary sulfonamides is 1. The largest absolute Gasteiger partial charge is 0.326 e. The molecule has 8 nitrogen and oxygen atoms in total. The number of hydrogen-bond donors (Lipinski definition) is 1. The van der Waals surface area contributed by atoms with Gasteiger partial charge in [0.2, 0.25) is 15.9 Å². The summed E-state index contributed by atoms with van der Waals surface area (Å²) in [7, 11) is -3.86. The van der Waals surface area contributed by atoms with E-state index in [1.54, 1.807) is 36.4 Å². The van der Waals surface area contributed by atoms with Crippen molar-refractivity contribution in [3.05, 3.63) is 94.8 Å². The van der Waals surface area contributed by atoms with Crippen LogP contribution in [0, 0.1) is 5.82 Å². The van der Waals surface area contributed by atoms with Crippen molar-refractivity contribution in [2.45, 2.75) is 23.8 Å². The van der Waals surface area contributed by atoms with Crippen molar-refractivity contribution in [2.75, 3.05) is 11.4 Å². The maximum absolute atomic E-state index is 13.4. The topological polar surface area (TPSA) is 118 Å². The molecule has 3 aromatic rings. The zero-order valence-electron chi connectivity index (χ0n) is 18.8. The van der Waals surface area contributed by atoms with Crippen molar-refractivity contribution in [1.29, 1.82) is 0 Å². The van der Waals surface area contributed by atoms with E-state index in [9.17, 15) is 27.2 Å². The summed E-state index contributed by atoms with van der Waals surface area (Å²) in [4.78, 5) is 41.8. The molecule has 1 atom stereocenters. The maximum Gasteiger partial charge on any atom is 0.257 e. The molecule has 1 saturated heterocycles. The van der Waals surface area contributed by atoms with Gasteiger partial charge in [-0.1, -0.05) is 23.7 Å². The second kappa shape index (κ2) is 10.2. The van der Waals surface area contributed by atoms with Crippen molar-refractivity contribution < 1.29 is 27.2 Å². The fraction of sp³-hybridized carbons (Fsp3) is 0.160. The van der Waals surface area contributed by atoms with Crippen LogP contribution in [0.4, 0.5) is 10.1 Å². The lowest BCUT2D eigenvalue weighted by molar-refractivity contribution is -0.122. The number of carbonyl (C=O) groups is 3. The van der Waals surface area contributed by atoms with E-state index in [1.165, 1.54) is 29.2 Å². The van der Waals surface area contributed by atoms with Gasteiger partial charge >= 0.3 is 0 Å². The van der Waals surface area contributed by atoms with E-state index in [0.717, 1.165) is 17.0 Å². The summed E-state index contributed by atoms with van der Waals surface area (Å²) in [6.45, 7) is 0.0447. The Kier molecular flexibility index (Phi) is 7.21. The molecule has 1 fully saturated rings. The molecule has 186 valence electrons. The van der Waals surface area contributed by atoms with Gasteiger partial charge in [0.05, 0.1) is 17.0 Å². The fourth-order valence-corrected chi connectivity index (χ4v) is 4.61. The predicted molar refractivity (Wildman–Crippen MR) is 131 cm³/mol. The van der Waals surface area contributed by atoms with Crippen molar-refractivity contribution in [3.63, 3.8) is 0 Å². The molecule has 11 heteroatoms. The van der Waals surface area contributed by atoms with E-state index in [4.69, 9.17) is 16.7 Å². The van der Waals surface area contributed by atoms with Crippen LogP contribution >= 0.6 is 11.6 Å². The van der Waals surface area contributed by atoms with E-state index in [2.05, 4.69) is 0 Å². The minimum Gasteiger partial charge on any atom is -0.326 e. The van der Waals surface area contributed by atoms with Crippen LogP contribution in [0.3, 0.4) is 0 Å². The fourth-order valence-electron chi connectivity index (χ4n) is 3.97. The van der Waals surface area contributed by atoms with Gasteiger partial charge in [0.25, 0.3) is 11.8 Å². The molecule has 0 radical (unpaired) electrons. The van der Waals surface area contributed by atoms with Gasteiger partial charge in [-0.15, -0.1) is 0 Å². The molecule has 0 spiro atoms. The quantitative estimate of drug-likeness (QED) is 0.472. The molecule has 1 aliphatic heterocycles. The number of amides is 3. The summed E-state index contributed by atoms with van der Waals surface area (Å²) >= 11 is 5.92. The molecular weight excluding hydrogens is 509 g/mol. The van der Waals surface area contributed by atoms with Crippen LogP contribution in [0.15, 0.2) is 77.7 Å². The highest BCUT2D eigenvalue weighted by Crippen LogP contribution is 2.28. The zero-order chi connectivity index (χ0) is 26.0. The summed E-state index contributed by atoms with van der Waals surface area (Å²) in [6.07, 6.45) is 0.0372. The predicted octanol–water partition coefficient (Wildman–Crippen LogP) is 3.14. The lowest BCUT2D eigenvalue weighted by atomic mass is 10.1. The maximum atomic E-state index is 13.4. The highest BCUT2D eigenvalue weighted by Gasteiger charge is 2.44. The van der Waals surface area contributed by atoms with Gasteiger partial charge < -0.3 is 4.90 Å². The number of sulfonamides is 1. The molecule has 0 bridgehead atoms. The third kappa shape index (κ3) is 5.46. The average Bonchev–Trinajstić information content (AvgIpc) is 3.13. The van der Waals surface area contributed by atoms with E-state index in [-0.39, 0.29) is 29.8 Å². The highest BCUT2D eigenvalue weighted by molar-refractivity contribution is 7.89. The third-order valence-electron chi connectivity index (χ3n) is 5.83. The molecule has 0 saturated carbocycles. The van der Waals surface area contributed by atoms with Crippen LogP contribution in [0.2, 0.25) is 5.02 Å². The molecule has 1 aliphatic rings. The van der Waals surface area contributed by atoms with Crippen LogP contribution in [0.1, 0.15) is 22.3 Å². The number of halogens is 2. The summed E-state index contributed by atoms with van der Waals surface area (Å²) in [5.41, 5.74) is 1.18. The number of carbonyl (C=O) groups excluding carboxylic acids is 3. The van der Waals surface area contributed by atoms with Gasteiger partial charge in [0, 0.05) is 17.1 Å². The minimum atomic E-state index is -3.86. The molecule has 3 amide bonds. The summed E-state index contributed by atoms with van der Waals surface area (Å²) in [6, 6.07) is 15.8. The van der Waals surface area contributed by atoms with Gasteiger partial charge in [-0.2, -0.15) is 0 Å². The Bertz CT molecular complexity index is 1410. The normalized spacial score (nSPS) is 15.9. The smallest absolute Gasteiger partial charge is 0.257 e. The first kappa shape index (κ1) is 25.5. The lowest BCUT2D eigenvalue weighted by Gasteiger charge is -2.28. The molecule has 2 N–H and O–H groups in total. The number of anilines is 1. The minimum absolute atomic E-state index is 0.0447. The SMILES string of the molecule is NS(=O)(=O)c1ccc(CCN(C(=O)c2ccc(F)cc2)C2CC(=O)N(c3ccc(Cl)cc3)C2=O)cc1. The highest BCUT2D eigenvalue weighted by atomic mass is 35.5. The van der Waals surface area contributed by atoms with Crippen LogP contribution in [-0.2, 0) is 26.0 Å². The van der Waals surface area contributed by atoms with Gasteiger partial charge in [-0.05, 0) is 72.6 Å². The first-order valence-corrected chi connectivity index (χ1v) is 12.8. The van der Waals surface area contributed by atoms with Gasteiger partial charge in [-0.25, -0.2) is 22.8 Å². The lowest BCUT2D eigenvalue weighted by Crippen LogP contribution is -2.46. The van der Waals surface area contributed by atoms with Crippen LogP contribution in [0.5, 0.6) is 0 Å². The average molecular weight is 530 g/mol. The molecule has 3 aromatic carbocycles. The van der Waals surface area contributed by atoms with E-state index >= 15 is 0 Å². The molecular formula is C25H21ClFN3O5S. The molecule has 4 rings (SSSR count). The molecule has 0 aromatic heterocycles. The Morgan fingerprint density at radius 2 is 1.61 bits per heavy atom. The second-order valence-corrected chi connectivity index (χ2v) is 10.2. The van der Waals surface area contributed by atoms with Gasteiger partial charge in [-0.3, -0.25) is 14.4 Å². The number of hydrogen-bond acceptors (Lipinski definition) is 5. The van der Waals surface area contributed by atoms with Crippen LogP contribution < -0.4 is 10.0 Å². The molecule has 1 unspecified atom stereocenters. The Balaban J connectivity index is 1.62. The Morgan fingerprint density at radius 1 is 1.00 bits per heavy atom. The second-order valence-electron chi connectivity index (χ2n) is 8.21. The van der Waals surface area contributed by atoms with E-state index in [0.29, 0.717) is 16.3 Å². The van der Waals surface area contributed by atoms with E-state index in [1.807, 2.05) is 0 Å². The van der Waals surface area contributed by atoms with Crippen LogP contribution in [-0.4, -0.2) is 43.6 Å². The Morgan fingerprint density at radius 3 is 2.19 bits per heavy atom. The molecule has 1 heterocycles. The Hall–Kier alpha value is -3.60. The number of nitrogens with two attached hydrogens (primary N) is 1. The third-order valence-corrected chi connectivity index (χ3v) is 7.01. The van der Waals surface area contributed by atoms with Gasteiger partial charge in [0.15, 0.2) is 0 Å². The number of imide groups is 1. The number of nitrogens with zero attached hydrogens (tertiary/aromatic N) is 2. The monoisotopic (exact) mass is 529 g/mol. The number of benzene rings is 3. The van der Waals surface area contributed by atoms with Crippen molar-refractivity contribution in [3.8, 4) is 0 Å².